The number of ether oxygens (including phenoxy) is 2. The first kappa shape index (κ1) is 23.6. The van der Waals surface area contributed by atoms with Crippen LogP contribution < -0.4 is 14.2 Å². The molecular weight excluding hydrogens is 475 g/mol. The molecule has 11 heteroatoms. The van der Waals surface area contributed by atoms with Gasteiger partial charge in [0.05, 0.1) is 34.4 Å². The molecule has 0 fully saturated rings. The van der Waals surface area contributed by atoms with Crippen molar-refractivity contribution in [3.05, 3.63) is 46.2 Å². The molecule has 2 atom stereocenters. The van der Waals surface area contributed by atoms with Crippen LogP contribution in [0, 0.1) is 0 Å². The van der Waals surface area contributed by atoms with E-state index in [0.717, 1.165) is 12.1 Å². The minimum absolute atomic E-state index is 0.0358. The molecule has 2 rings (SSSR count). The SMILES string of the molecule is COc1ncnc(OC[C@@H](N[S@](=O)C(C)(C)C)c2ccc(C(F)(F)F)cc2)c1Br. The van der Waals surface area contributed by atoms with E-state index in [1.54, 1.807) is 20.8 Å². The lowest BCUT2D eigenvalue weighted by Gasteiger charge is -2.25. The van der Waals surface area contributed by atoms with Crippen molar-refractivity contribution in [1.82, 2.24) is 14.7 Å². The van der Waals surface area contributed by atoms with E-state index in [-0.39, 0.29) is 18.4 Å². The summed E-state index contributed by atoms with van der Waals surface area (Å²) in [5.74, 6) is 0.462. The number of methoxy groups -OCH3 is 1. The molecule has 0 amide bonds. The van der Waals surface area contributed by atoms with Crippen molar-refractivity contribution in [3.63, 3.8) is 0 Å². The van der Waals surface area contributed by atoms with Crippen LogP contribution >= 0.6 is 15.9 Å². The fourth-order valence-corrected chi connectivity index (χ4v) is 3.45. The van der Waals surface area contributed by atoms with E-state index in [2.05, 4.69) is 30.6 Å². The predicted molar refractivity (Wildman–Crippen MR) is 107 cm³/mol. The maximum absolute atomic E-state index is 12.9. The maximum atomic E-state index is 12.9. The molecular formula is C18H21BrF3N3O3S. The van der Waals surface area contributed by atoms with Crippen LogP contribution in [0.4, 0.5) is 13.2 Å². The van der Waals surface area contributed by atoms with Crippen molar-refractivity contribution in [2.24, 2.45) is 0 Å². The number of hydrogen-bond donors (Lipinski definition) is 1. The average Bonchev–Trinajstić information content (AvgIpc) is 2.64. The van der Waals surface area contributed by atoms with Gasteiger partial charge in [-0.25, -0.2) is 18.9 Å². The van der Waals surface area contributed by atoms with Gasteiger partial charge in [0.15, 0.2) is 0 Å². The lowest BCUT2D eigenvalue weighted by Crippen LogP contribution is -2.38. The zero-order valence-corrected chi connectivity index (χ0v) is 18.6. The van der Waals surface area contributed by atoms with Crippen LogP contribution in [0.2, 0.25) is 0 Å². The molecule has 0 unspecified atom stereocenters. The molecule has 1 aromatic carbocycles. The molecule has 1 heterocycles. The van der Waals surface area contributed by atoms with E-state index in [4.69, 9.17) is 9.47 Å². The average molecular weight is 496 g/mol. The fraction of sp³-hybridized carbons (Fsp3) is 0.444. The van der Waals surface area contributed by atoms with Gasteiger partial charge in [-0.1, -0.05) is 12.1 Å². The number of halogens is 4. The van der Waals surface area contributed by atoms with Crippen LogP contribution in [0.25, 0.3) is 0 Å². The third-order valence-electron chi connectivity index (χ3n) is 3.75. The van der Waals surface area contributed by atoms with E-state index in [0.29, 0.717) is 10.0 Å². The predicted octanol–water partition coefficient (Wildman–Crippen LogP) is 4.44. The highest BCUT2D eigenvalue weighted by Gasteiger charge is 2.31. The highest BCUT2D eigenvalue weighted by Crippen LogP contribution is 2.32. The van der Waals surface area contributed by atoms with Crippen molar-refractivity contribution in [2.45, 2.75) is 37.7 Å². The summed E-state index contributed by atoms with van der Waals surface area (Å²) >= 11 is 3.28. The van der Waals surface area contributed by atoms with Crippen LogP contribution in [-0.4, -0.2) is 32.6 Å². The second kappa shape index (κ2) is 9.40. The Morgan fingerprint density at radius 3 is 2.24 bits per heavy atom. The minimum Gasteiger partial charge on any atom is -0.480 e. The van der Waals surface area contributed by atoms with Crippen LogP contribution in [0.3, 0.4) is 0 Å². The first-order valence-electron chi connectivity index (χ1n) is 8.46. The Hall–Kier alpha value is -1.72. The summed E-state index contributed by atoms with van der Waals surface area (Å²) in [5, 5.41) is 0. The van der Waals surface area contributed by atoms with Crippen molar-refractivity contribution in [2.75, 3.05) is 13.7 Å². The largest absolute Gasteiger partial charge is 0.480 e. The third-order valence-corrected chi connectivity index (χ3v) is 6.04. The lowest BCUT2D eigenvalue weighted by molar-refractivity contribution is -0.137. The Morgan fingerprint density at radius 1 is 1.14 bits per heavy atom. The lowest BCUT2D eigenvalue weighted by atomic mass is 10.1. The van der Waals surface area contributed by atoms with Crippen molar-refractivity contribution in [1.29, 1.82) is 0 Å². The van der Waals surface area contributed by atoms with Gasteiger partial charge in [0.2, 0.25) is 11.8 Å². The quantitative estimate of drug-likeness (QED) is 0.614. The number of alkyl halides is 3. The number of rotatable bonds is 7. The highest BCUT2D eigenvalue weighted by molar-refractivity contribution is 9.10. The molecule has 1 aromatic heterocycles. The van der Waals surface area contributed by atoms with Gasteiger partial charge in [0.25, 0.3) is 0 Å². The first-order valence-corrected chi connectivity index (χ1v) is 10.4. The van der Waals surface area contributed by atoms with Crippen molar-refractivity contribution in [3.8, 4) is 11.8 Å². The summed E-state index contributed by atoms with van der Waals surface area (Å²) in [6.45, 7) is 5.32. The van der Waals surface area contributed by atoms with E-state index < -0.39 is 33.5 Å². The summed E-state index contributed by atoms with van der Waals surface area (Å²) in [6.07, 6.45) is -3.18. The Kier molecular flexibility index (Phi) is 7.63. The van der Waals surface area contributed by atoms with Crippen LogP contribution in [0.1, 0.15) is 37.9 Å². The molecule has 0 saturated heterocycles. The van der Waals surface area contributed by atoms with Crippen LogP contribution in [-0.2, 0) is 17.2 Å². The number of aromatic nitrogens is 2. The number of hydrogen-bond acceptors (Lipinski definition) is 5. The molecule has 29 heavy (non-hydrogen) atoms. The van der Waals surface area contributed by atoms with Gasteiger partial charge in [0, 0.05) is 0 Å². The Bertz CT molecular complexity index is 858. The van der Waals surface area contributed by atoms with E-state index in [1.807, 2.05) is 0 Å². The van der Waals surface area contributed by atoms with Gasteiger partial charge in [-0.2, -0.15) is 13.2 Å². The molecule has 2 aromatic rings. The van der Waals surface area contributed by atoms with Crippen LogP contribution in [0.15, 0.2) is 35.1 Å². The number of nitrogens with one attached hydrogen (secondary N) is 1. The molecule has 0 spiro atoms. The van der Waals surface area contributed by atoms with E-state index in [9.17, 15) is 17.4 Å². The summed E-state index contributed by atoms with van der Waals surface area (Å²) in [4.78, 5) is 7.94. The second-order valence-electron chi connectivity index (χ2n) is 6.98. The monoisotopic (exact) mass is 495 g/mol. The summed E-state index contributed by atoms with van der Waals surface area (Å²) in [7, 11) is -0.0406. The smallest absolute Gasteiger partial charge is 0.416 e. The molecule has 160 valence electrons. The maximum Gasteiger partial charge on any atom is 0.416 e. The van der Waals surface area contributed by atoms with E-state index >= 15 is 0 Å². The topological polar surface area (TPSA) is 73.3 Å². The molecule has 0 aliphatic heterocycles. The molecule has 1 N–H and O–H groups in total. The van der Waals surface area contributed by atoms with Crippen molar-refractivity contribution >= 4 is 26.9 Å². The number of benzene rings is 1. The molecule has 0 saturated carbocycles. The number of nitrogens with zero attached hydrogens (tertiary/aromatic N) is 2. The molecule has 0 bridgehead atoms. The van der Waals surface area contributed by atoms with Crippen LogP contribution in [0.5, 0.6) is 11.8 Å². The van der Waals surface area contributed by atoms with Gasteiger partial charge in [0.1, 0.15) is 17.4 Å². The van der Waals surface area contributed by atoms with Gasteiger partial charge >= 0.3 is 6.18 Å². The Labute approximate surface area is 177 Å². The first-order chi connectivity index (χ1) is 13.4. The van der Waals surface area contributed by atoms with E-state index in [1.165, 1.54) is 25.6 Å². The second-order valence-corrected chi connectivity index (χ2v) is 9.78. The van der Waals surface area contributed by atoms with Crippen molar-refractivity contribution < 1.29 is 26.9 Å². The summed E-state index contributed by atoms with van der Waals surface area (Å²) < 4.78 is 64.7. The summed E-state index contributed by atoms with van der Waals surface area (Å²) in [5.41, 5.74) is -0.270. The minimum atomic E-state index is -4.44. The zero-order valence-electron chi connectivity index (χ0n) is 16.2. The molecule has 0 aliphatic rings. The molecule has 0 radical (unpaired) electrons. The Morgan fingerprint density at radius 2 is 1.72 bits per heavy atom. The molecule has 0 aliphatic carbocycles. The normalized spacial score (nSPS) is 14.3. The zero-order chi connectivity index (χ0) is 21.8. The summed E-state index contributed by atoms with van der Waals surface area (Å²) in [6, 6.07) is 3.98. The highest BCUT2D eigenvalue weighted by atomic mass is 79.9. The standard InChI is InChI=1S/C18H21BrF3N3O3S/c1-17(2,3)29(26)25-13(11-5-7-12(8-6-11)18(20,21)22)9-28-16-14(19)15(27-4)23-10-24-16/h5-8,10,13,25H,9H2,1-4H3/t13-,29-/m1/s1. The van der Waals surface area contributed by atoms with Gasteiger partial charge in [-0.05, 0) is 54.4 Å². The molecule has 6 nitrogen and oxygen atoms in total. The van der Waals surface area contributed by atoms with Gasteiger partial charge < -0.3 is 9.47 Å². The fourth-order valence-electron chi connectivity index (χ4n) is 2.15. The van der Waals surface area contributed by atoms with Gasteiger partial charge in [-0.3, -0.25) is 0 Å². The van der Waals surface area contributed by atoms with Gasteiger partial charge in [-0.15, -0.1) is 0 Å². The third kappa shape index (κ3) is 6.38. The Balaban J connectivity index is 2.27.